The summed E-state index contributed by atoms with van der Waals surface area (Å²) in [5.74, 6) is 0.00320. The molecule has 0 aliphatic heterocycles. The quantitative estimate of drug-likeness (QED) is 0.118. The van der Waals surface area contributed by atoms with E-state index in [0.29, 0.717) is 5.92 Å². The van der Waals surface area contributed by atoms with Gasteiger partial charge in [0, 0.05) is 39.3 Å². The Morgan fingerprint density at radius 1 is 0.684 bits per heavy atom. The molecule has 1 fully saturated rings. The minimum atomic E-state index is -1.57. The number of fused-ring (bicyclic) bond motifs is 3. The van der Waals surface area contributed by atoms with Crippen molar-refractivity contribution < 1.29 is 25.9 Å². The van der Waals surface area contributed by atoms with E-state index >= 15 is 0 Å². The number of hydrogen-bond acceptors (Lipinski definition) is 3. The standard InChI is InChI=1S/C29H24NO.C23H26NSi.Ir/c1-3-8-20(9-4-1)22-14-15-24-25-12-7-13-26(29(25)31-28(24)19-22)27-18-23(16-17-30-27)21-10-5-2-6-11-21;1-17(2)21-15-22(24-16-23(21)25(3,4)5)20-13-9-12-19(14-20)18-10-7-6-8-11-18;/h1,3-4,7-9,12,14-19,21H,2,5-6,10-11H2;6-12,14-17H,1-5H3;/q2*-1;/i;17D;. The second-order valence-corrected chi connectivity index (χ2v) is 21.3. The zero-order chi connectivity index (χ0) is 39.6. The van der Waals surface area contributed by atoms with E-state index in [4.69, 9.17) is 15.8 Å². The van der Waals surface area contributed by atoms with Gasteiger partial charge in [0.1, 0.15) is 5.58 Å². The van der Waals surface area contributed by atoms with Crippen LogP contribution in [-0.2, 0) is 20.1 Å². The van der Waals surface area contributed by atoms with Crippen molar-refractivity contribution in [2.45, 2.75) is 77.4 Å². The van der Waals surface area contributed by atoms with Crippen LogP contribution in [0.3, 0.4) is 0 Å². The Labute approximate surface area is 354 Å². The number of aromatic nitrogens is 2. The van der Waals surface area contributed by atoms with Gasteiger partial charge < -0.3 is 14.4 Å². The van der Waals surface area contributed by atoms with Crippen LogP contribution in [0.25, 0.3) is 66.7 Å². The van der Waals surface area contributed by atoms with Crippen molar-refractivity contribution >= 4 is 35.2 Å². The molecular formula is C52H50IrN2OSi-2. The summed E-state index contributed by atoms with van der Waals surface area (Å²) in [6, 6.07) is 50.8. The van der Waals surface area contributed by atoms with Crippen molar-refractivity contribution in [3.05, 3.63) is 163 Å². The third kappa shape index (κ3) is 8.97. The normalized spacial score (nSPS) is 13.7. The van der Waals surface area contributed by atoms with Crippen molar-refractivity contribution in [3.63, 3.8) is 0 Å². The maximum atomic E-state index is 8.61. The summed E-state index contributed by atoms with van der Waals surface area (Å²) >= 11 is 0. The van der Waals surface area contributed by atoms with Gasteiger partial charge in [-0.3, -0.25) is 0 Å². The zero-order valence-corrected chi connectivity index (χ0v) is 36.9. The van der Waals surface area contributed by atoms with Gasteiger partial charge in [-0.15, -0.1) is 53.6 Å². The molecule has 3 heterocycles. The van der Waals surface area contributed by atoms with Gasteiger partial charge in [-0.05, 0) is 70.1 Å². The summed E-state index contributed by atoms with van der Waals surface area (Å²) in [7, 11) is -1.57. The molecule has 1 radical (unpaired) electrons. The number of hydrogen-bond donors (Lipinski definition) is 0. The number of rotatable bonds is 7. The van der Waals surface area contributed by atoms with Crippen molar-refractivity contribution in [2.24, 2.45) is 0 Å². The van der Waals surface area contributed by atoms with Crippen LogP contribution in [0, 0.1) is 12.1 Å². The fraction of sp³-hybridized carbons (Fsp3) is 0.231. The Balaban J connectivity index is 0.000000177. The second kappa shape index (κ2) is 17.7. The third-order valence-electron chi connectivity index (χ3n) is 11.1. The van der Waals surface area contributed by atoms with Crippen LogP contribution in [0.2, 0.25) is 19.6 Å². The molecule has 1 saturated carbocycles. The summed E-state index contributed by atoms with van der Waals surface area (Å²) in [5, 5.41) is 3.52. The first-order valence-corrected chi connectivity index (χ1v) is 23.5. The van der Waals surface area contributed by atoms with Gasteiger partial charge in [-0.1, -0.05) is 160 Å². The number of nitrogens with zero attached hydrogens (tertiary/aromatic N) is 2. The molecule has 5 aromatic carbocycles. The Kier molecular flexibility index (Phi) is 12.1. The van der Waals surface area contributed by atoms with Crippen LogP contribution in [0.1, 0.15) is 70.3 Å². The molecule has 9 rings (SSSR count). The topological polar surface area (TPSA) is 38.9 Å². The summed E-state index contributed by atoms with van der Waals surface area (Å²) in [5.41, 5.74) is 12.7. The Hall–Kier alpha value is -4.93. The molecule has 8 aromatic rings. The molecule has 3 nitrogen and oxygen atoms in total. The maximum absolute atomic E-state index is 8.61. The van der Waals surface area contributed by atoms with Crippen LogP contribution in [0.4, 0.5) is 0 Å². The zero-order valence-electron chi connectivity index (χ0n) is 34.5. The Bertz CT molecular complexity index is 2640. The monoisotopic (exact) mass is 940 g/mol. The van der Waals surface area contributed by atoms with Crippen LogP contribution in [-0.4, -0.2) is 18.0 Å². The van der Waals surface area contributed by atoms with Crippen molar-refractivity contribution in [1.29, 1.82) is 0 Å². The number of furan rings is 1. The molecule has 57 heavy (non-hydrogen) atoms. The van der Waals surface area contributed by atoms with Gasteiger partial charge in [0.05, 0.1) is 13.7 Å². The largest absolute Gasteiger partial charge is 0.501 e. The average molecular weight is 940 g/mol. The fourth-order valence-electron chi connectivity index (χ4n) is 8.05. The van der Waals surface area contributed by atoms with Crippen molar-refractivity contribution in [3.8, 4) is 44.8 Å². The van der Waals surface area contributed by atoms with Crippen molar-refractivity contribution in [1.82, 2.24) is 9.97 Å². The molecule has 3 aromatic heterocycles. The van der Waals surface area contributed by atoms with E-state index in [1.807, 2.05) is 62.6 Å². The minimum Gasteiger partial charge on any atom is -0.501 e. The first kappa shape index (κ1) is 38.9. The molecule has 0 atom stereocenters. The summed E-state index contributed by atoms with van der Waals surface area (Å²) in [6.07, 6.45) is 10.5. The molecule has 0 saturated heterocycles. The minimum absolute atomic E-state index is 0. The number of benzene rings is 5. The molecule has 0 bridgehead atoms. The third-order valence-corrected chi connectivity index (χ3v) is 13.1. The van der Waals surface area contributed by atoms with E-state index in [2.05, 4.69) is 123 Å². The number of pyridine rings is 2. The van der Waals surface area contributed by atoms with Crippen molar-refractivity contribution in [2.75, 3.05) is 0 Å². The molecule has 0 N–H and O–H groups in total. The average Bonchev–Trinajstić information content (AvgIpc) is 3.62. The molecular weight excluding hydrogens is 889 g/mol. The molecule has 1 aliphatic rings. The summed E-state index contributed by atoms with van der Waals surface area (Å²) in [4.78, 5) is 9.44. The molecule has 1 aliphatic carbocycles. The Morgan fingerprint density at radius 3 is 2.05 bits per heavy atom. The van der Waals surface area contributed by atoms with Crippen LogP contribution in [0.5, 0.6) is 0 Å². The van der Waals surface area contributed by atoms with Crippen LogP contribution in [0.15, 0.2) is 144 Å². The summed E-state index contributed by atoms with van der Waals surface area (Å²) in [6.45, 7) is 10.8. The van der Waals surface area contributed by atoms with Gasteiger partial charge in [-0.2, -0.15) is 0 Å². The van der Waals surface area contributed by atoms with Gasteiger partial charge in [0.25, 0.3) is 0 Å². The maximum Gasteiger partial charge on any atom is 0.121 e. The predicted octanol–water partition coefficient (Wildman–Crippen LogP) is 14.0. The van der Waals surface area contributed by atoms with Gasteiger partial charge in [-0.25, -0.2) is 0 Å². The van der Waals surface area contributed by atoms with E-state index in [-0.39, 0.29) is 20.1 Å². The fourth-order valence-corrected chi connectivity index (χ4v) is 9.64. The summed E-state index contributed by atoms with van der Waals surface area (Å²) < 4.78 is 15.0. The predicted molar refractivity (Wildman–Crippen MR) is 238 cm³/mol. The van der Waals surface area contributed by atoms with Gasteiger partial charge >= 0.3 is 0 Å². The molecule has 289 valence electrons. The van der Waals surface area contributed by atoms with Crippen LogP contribution >= 0.6 is 0 Å². The van der Waals surface area contributed by atoms with E-state index in [9.17, 15) is 0 Å². The van der Waals surface area contributed by atoms with Crippen LogP contribution < -0.4 is 5.19 Å². The first-order chi connectivity index (χ1) is 27.5. The van der Waals surface area contributed by atoms with E-state index in [0.717, 1.165) is 61.1 Å². The SMILES string of the molecule is [2H]C(C)(C)c1cc(-c2[c-]ccc(-c3ccccc3)c2)ncc1[Si](C)(C)C.[Ir].[c-]1ccc2c(oc3cc(-c4ccccc4)ccc32)c1-c1cc(C2CCCCC2)ccn1. The van der Waals surface area contributed by atoms with E-state index in [1.165, 1.54) is 54.0 Å². The Morgan fingerprint density at radius 2 is 1.37 bits per heavy atom. The second-order valence-electron chi connectivity index (χ2n) is 16.3. The molecule has 0 amide bonds. The van der Waals surface area contributed by atoms with Gasteiger partial charge in [0.15, 0.2) is 0 Å². The first-order valence-electron chi connectivity index (χ1n) is 20.5. The van der Waals surface area contributed by atoms with Gasteiger partial charge in [0.2, 0.25) is 0 Å². The molecule has 0 spiro atoms. The smallest absolute Gasteiger partial charge is 0.121 e. The molecule has 5 heteroatoms. The van der Waals surface area contributed by atoms with E-state index < -0.39 is 14.0 Å². The molecule has 0 unspecified atom stereocenters. The van der Waals surface area contributed by atoms with E-state index in [1.54, 1.807) is 0 Å².